The number of fused-ring (bicyclic) bond motifs is 1. The van der Waals surface area contributed by atoms with Crippen molar-refractivity contribution in [3.8, 4) is 0 Å². The molecule has 1 aromatic carbocycles. The van der Waals surface area contributed by atoms with Gasteiger partial charge in [0, 0.05) is 6.04 Å². The predicted molar refractivity (Wildman–Crippen MR) is 60.4 cm³/mol. The van der Waals surface area contributed by atoms with Gasteiger partial charge in [0.1, 0.15) is 5.82 Å². The molecule has 2 rings (SSSR count). The average molecular weight is 207 g/mol. The van der Waals surface area contributed by atoms with E-state index in [0.29, 0.717) is 0 Å². The maximum atomic E-state index is 13.7. The van der Waals surface area contributed by atoms with E-state index in [2.05, 4.69) is 0 Å². The minimum absolute atomic E-state index is 0.0714. The van der Waals surface area contributed by atoms with E-state index in [0.717, 1.165) is 30.4 Å². The summed E-state index contributed by atoms with van der Waals surface area (Å²) in [7, 11) is 0. The van der Waals surface area contributed by atoms with Crippen molar-refractivity contribution in [2.45, 2.75) is 45.1 Å². The molecule has 1 unspecified atom stereocenters. The maximum Gasteiger partial charge on any atom is 0.126 e. The minimum Gasteiger partial charge on any atom is -0.324 e. The lowest BCUT2D eigenvalue weighted by Gasteiger charge is -2.26. The van der Waals surface area contributed by atoms with Crippen LogP contribution >= 0.6 is 0 Å². The number of halogens is 1. The summed E-state index contributed by atoms with van der Waals surface area (Å²) in [6.45, 7) is 4.08. The maximum absolute atomic E-state index is 13.7. The van der Waals surface area contributed by atoms with Gasteiger partial charge in [-0.05, 0) is 47.9 Å². The van der Waals surface area contributed by atoms with Crippen LogP contribution in [0.25, 0.3) is 0 Å². The summed E-state index contributed by atoms with van der Waals surface area (Å²) >= 11 is 0. The van der Waals surface area contributed by atoms with Crippen molar-refractivity contribution in [3.63, 3.8) is 0 Å². The highest BCUT2D eigenvalue weighted by Gasteiger charge is 2.22. The van der Waals surface area contributed by atoms with Crippen LogP contribution in [0.5, 0.6) is 0 Å². The van der Waals surface area contributed by atoms with Crippen molar-refractivity contribution in [1.82, 2.24) is 0 Å². The van der Waals surface area contributed by atoms with E-state index in [9.17, 15) is 4.39 Å². The lowest BCUT2D eigenvalue weighted by molar-refractivity contribution is 0.543. The molecular formula is C13H18FN. The molecule has 1 aliphatic rings. The first-order chi connectivity index (χ1) is 7.11. The Hall–Kier alpha value is -0.890. The van der Waals surface area contributed by atoms with Crippen LogP contribution in [0.2, 0.25) is 0 Å². The van der Waals surface area contributed by atoms with Crippen molar-refractivity contribution >= 4 is 0 Å². The third-order valence-corrected chi connectivity index (χ3v) is 3.26. The van der Waals surface area contributed by atoms with Crippen LogP contribution < -0.4 is 5.73 Å². The number of rotatable bonds is 1. The number of hydrogen-bond acceptors (Lipinski definition) is 1. The third-order valence-electron chi connectivity index (χ3n) is 3.26. The predicted octanol–water partition coefficient (Wildman–Crippen LogP) is 3.29. The first-order valence-corrected chi connectivity index (χ1v) is 5.68. The second kappa shape index (κ2) is 3.93. The Labute approximate surface area is 90.5 Å². The van der Waals surface area contributed by atoms with E-state index in [1.807, 2.05) is 19.9 Å². The zero-order valence-electron chi connectivity index (χ0n) is 9.39. The summed E-state index contributed by atoms with van der Waals surface area (Å²) in [4.78, 5) is 0. The van der Waals surface area contributed by atoms with E-state index < -0.39 is 0 Å². The highest BCUT2D eigenvalue weighted by molar-refractivity contribution is 5.41. The molecule has 0 amide bonds. The van der Waals surface area contributed by atoms with Gasteiger partial charge >= 0.3 is 0 Å². The Morgan fingerprint density at radius 3 is 2.80 bits per heavy atom. The molecule has 0 aliphatic heterocycles. The normalized spacial score (nSPS) is 20.5. The quantitative estimate of drug-likeness (QED) is 0.751. The van der Waals surface area contributed by atoms with Crippen LogP contribution in [-0.2, 0) is 6.42 Å². The Morgan fingerprint density at radius 1 is 1.40 bits per heavy atom. The number of nitrogens with two attached hydrogens (primary N) is 1. The molecule has 0 bridgehead atoms. The lowest BCUT2D eigenvalue weighted by Crippen LogP contribution is -2.19. The molecule has 82 valence electrons. The highest BCUT2D eigenvalue weighted by atomic mass is 19.1. The zero-order chi connectivity index (χ0) is 11.0. The summed E-state index contributed by atoms with van der Waals surface area (Å²) in [5, 5.41) is 0. The molecule has 1 nitrogen and oxygen atoms in total. The Kier molecular flexibility index (Phi) is 2.79. The molecule has 1 aliphatic carbocycles. The average Bonchev–Trinajstić information content (AvgIpc) is 2.17. The largest absolute Gasteiger partial charge is 0.324 e. The van der Waals surface area contributed by atoms with E-state index in [1.165, 1.54) is 5.56 Å². The Morgan fingerprint density at radius 2 is 2.13 bits per heavy atom. The number of hydrogen-bond donors (Lipinski definition) is 1. The van der Waals surface area contributed by atoms with Gasteiger partial charge in [-0.1, -0.05) is 19.9 Å². The van der Waals surface area contributed by atoms with Crippen LogP contribution in [0.4, 0.5) is 4.39 Å². The van der Waals surface area contributed by atoms with Gasteiger partial charge in [0.25, 0.3) is 0 Å². The topological polar surface area (TPSA) is 26.0 Å². The Bertz CT molecular complexity index is 371. The van der Waals surface area contributed by atoms with Gasteiger partial charge in [-0.15, -0.1) is 0 Å². The molecule has 15 heavy (non-hydrogen) atoms. The van der Waals surface area contributed by atoms with Gasteiger partial charge in [0.15, 0.2) is 0 Å². The van der Waals surface area contributed by atoms with Gasteiger partial charge in [0.2, 0.25) is 0 Å². The van der Waals surface area contributed by atoms with Crippen molar-refractivity contribution in [2.75, 3.05) is 0 Å². The van der Waals surface area contributed by atoms with Gasteiger partial charge in [-0.25, -0.2) is 4.39 Å². The van der Waals surface area contributed by atoms with Crippen LogP contribution in [0.15, 0.2) is 12.1 Å². The molecule has 2 heteroatoms. The summed E-state index contributed by atoms with van der Waals surface area (Å²) < 4.78 is 13.7. The van der Waals surface area contributed by atoms with E-state index in [1.54, 1.807) is 6.07 Å². The van der Waals surface area contributed by atoms with E-state index in [-0.39, 0.29) is 17.8 Å². The monoisotopic (exact) mass is 207 g/mol. The molecule has 0 heterocycles. The summed E-state index contributed by atoms with van der Waals surface area (Å²) in [6, 6.07) is 3.53. The standard InChI is InChI=1S/C13H18FN/c1-8(2)13-10-4-3-5-12(15)9(10)6-7-11(13)14/h6-8,12H,3-5,15H2,1-2H3. The number of benzene rings is 1. The molecule has 0 aromatic heterocycles. The molecule has 0 spiro atoms. The zero-order valence-corrected chi connectivity index (χ0v) is 9.39. The molecule has 2 N–H and O–H groups in total. The molecule has 0 radical (unpaired) electrons. The molecular weight excluding hydrogens is 189 g/mol. The van der Waals surface area contributed by atoms with Crippen molar-refractivity contribution in [1.29, 1.82) is 0 Å². The van der Waals surface area contributed by atoms with Gasteiger partial charge in [-0.3, -0.25) is 0 Å². The molecule has 0 fully saturated rings. The first kappa shape index (κ1) is 10.6. The van der Waals surface area contributed by atoms with E-state index >= 15 is 0 Å². The fourth-order valence-corrected chi connectivity index (χ4v) is 2.56. The fourth-order valence-electron chi connectivity index (χ4n) is 2.56. The smallest absolute Gasteiger partial charge is 0.126 e. The highest BCUT2D eigenvalue weighted by Crippen LogP contribution is 2.34. The molecule has 0 saturated carbocycles. The third kappa shape index (κ3) is 1.78. The summed E-state index contributed by atoms with van der Waals surface area (Å²) in [6.07, 6.45) is 3.09. The second-order valence-corrected chi connectivity index (χ2v) is 4.68. The van der Waals surface area contributed by atoms with Gasteiger partial charge in [0.05, 0.1) is 0 Å². The fraction of sp³-hybridized carbons (Fsp3) is 0.538. The van der Waals surface area contributed by atoms with Gasteiger partial charge < -0.3 is 5.73 Å². The van der Waals surface area contributed by atoms with Crippen molar-refractivity contribution in [3.05, 3.63) is 34.6 Å². The van der Waals surface area contributed by atoms with Crippen LogP contribution in [0.3, 0.4) is 0 Å². The molecule has 0 saturated heterocycles. The van der Waals surface area contributed by atoms with Crippen LogP contribution in [0, 0.1) is 5.82 Å². The lowest BCUT2D eigenvalue weighted by atomic mass is 9.82. The SMILES string of the molecule is CC(C)c1c(F)ccc2c1CCCC2N. The summed E-state index contributed by atoms with van der Waals surface area (Å²) in [5.74, 6) is 0.170. The van der Waals surface area contributed by atoms with Crippen molar-refractivity contribution < 1.29 is 4.39 Å². The van der Waals surface area contributed by atoms with E-state index in [4.69, 9.17) is 5.73 Å². The van der Waals surface area contributed by atoms with Crippen molar-refractivity contribution in [2.24, 2.45) is 5.73 Å². The molecule has 1 atom stereocenters. The second-order valence-electron chi connectivity index (χ2n) is 4.68. The Balaban J connectivity index is 2.58. The first-order valence-electron chi connectivity index (χ1n) is 5.68. The molecule has 1 aromatic rings. The van der Waals surface area contributed by atoms with Crippen LogP contribution in [0.1, 0.15) is 55.3 Å². The van der Waals surface area contributed by atoms with Gasteiger partial charge in [-0.2, -0.15) is 0 Å². The summed E-state index contributed by atoms with van der Waals surface area (Å²) in [5.41, 5.74) is 9.25. The van der Waals surface area contributed by atoms with Crippen LogP contribution in [-0.4, -0.2) is 0 Å². The minimum atomic E-state index is -0.0714.